The number of carbonyl (C=O) groups excluding carboxylic acids is 1. The van der Waals surface area contributed by atoms with Crippen LogP contribution in [0.2, 0.25) is 5.02 Å². The molecule has 0 N–H and O–H groups in total. The maximum absolute atomic E-state index is 13.1. The Morgan fingerprint density at radius 2 is 1.89 bits per heavy atom. The molecule has 4 rings (SSSR count). The van der Waals surface area contributed by atoms with Gasteiger partial charge >= 0.3 is 0 Å². The Kier molecular flexibility index (Phi) is 8.50. The summed E-state index contributed by atoms with van der Waals surface area (Å²) in [4.78, 5) is 25.4. The summed E-state index contributed by atoms with van der Waals surface area (Å²) in [6, 6.07) is 16.9. The molecule has 0 radical (unpaired) electrons. The first kappa shape index (κ1) is 26.4. The quantitative estimate of drug-likeness (QED) is 0.0835. The average Bonchev–Trinajstić information content (AvgIpc) is 3.12. The Bertz CT molecular complexity index is 1380. The number of carbonyl (C=O) groups is 1. The number of ether oxygens (including phenoxy) is 2. The summed E-state index contributed by atoms with van der Waals surface area (Å²) < 4.78 is 13.1. The molecule has 0 aromatic heterocycles. The van der Waals surface area contributed by atoms with Crippen molar-refractivity contribution in [3.05, 3.63) is 95.4 Å². The number of nitro benzene ring substituents is 1. The molecule has 0 aliphatic carbocycles. The molecule has 1 aliphatic heterocycles. The van der Waals surface area contributed by atoms with E-state index in [1.807, 2.05) is 43.3 Å². The van der Waals surface area contributed by atoms with Crippen LogP contribution >= 0.6 is 58.2 Å². The van der Waals surface area contributed by atoms with Crippen LogP contribution in [0.4, 0.5) is 11.4 Å². The van der Waals surface area contributed by atoms with Crippen molar-refractivity contribution in [2.75, 3.05) is 11.5 Å². The molecule has 0 spiro atoms. The van der Waals surface area contributed by atoms with E-state index in [9.17, 15) is 14.9 Å². The van der Waals surface area contributed by atoms with Crippen LogP contribution in [0.3, 0.4) is 0 Å². The summed E-state index contributed by atoms with van der Waals surface area (Å²) in [5, 5.41) is 11.6. The number of hydrogen-bond acceptors (Lipinski definition) is 7. The Hall–Kier alpha value is -2.67. The highest BCUT2D eigenvalue weighted by atomic mass is 127. The van der Waals surface area contributed by atoms with Gasteiger partial charge in [-0.3, -0.25) is 19.8 Å². The Morgan fingerprint density at radius 3 is 2.56 bits per heavy atom. The van der Waals surface area contributed by atoms with E-state index in [4.69, 9.17) is 33.3 Å². The van der Waals surface area contributed by atoms with Crippen LogP contribution in [0.25, 0.3) is 6.08 Å². The van der Waals surface area contributed by atoms with Gasteiger partial charge < -0.3 is 9.47 Å². The van der Waals surface area contributed by atoms with E-state index in [1.165, 1.54) is 40.9 Å². The van der Waals surface area contributed by atoms with Gasteiger partial charge in [0, 0.05) is 22.7 Å². The van der Waals surface area contributed by atoms with E-state index in [2.05, 4.69) is 22.6 Å². The minimum absolute atomic E-state index is 0.0606. The molecule has 1 saturated heterocycles. The predicted molar refractivity (Wildman–Crippen MR) is 155 cm³/mol. The van der Waals surface area contributed by atoms with Gasteiger partial charge in [-0.1, -0.05) is 53.8 Å². The van der Waals surface area contributed by atoms with Gasteiger partial charge in [-0.25, -0.2) is 0 Å². The van der Waals surface area contributed by atoms with Crippen molar-refractivity contribution < 1.29 is 19.2 Å². The lowest BCUT2D eigenvalue weighted by molar-refractivity contribution is -0.384. The smallest absolute Gasteiger partial charge is 0.270 e. The molecule has 0 saturated carbocycles. The van der Waals surface area contributed by atoms with Gasteiger partial charge in [0.05, 0.1) is 25.7 Å². The fourth-order valence-corrected chi connectivity index (χ4v) is 5.68. The van der Waals surface area contributed by atoms with Gasteiger partial charge in [0.1, 0.15) is 6.61 Å². The SMILES string of the molecule is CCOc1cc(/C=C2\SC(=S)N(c3ccc([N+](=O)[O-])cc3)C2=O)cc(I)c1OCc1ccccc1Cl. The maximum atomic E-state index is 13.1. The molecule has 0 atom stereocenters. The molecule has 3 aromatic carbocycles. The van der Waals surface area contributed by atoms with Crippen molar-refractivity contribution >= 4 is 85.9 Å². The van der Waals surface area contributed by atoms with Gasteiger partial charge in [-0.05, 0) is 71.5 Å². The van der Waals surface area contributed by atoms with Crippen molar-refractivity contribution in [3.8, 4) is 11.5 Å². The zero-order valence-corrected chi connectivity index (χ0v) is 23.3. The normalized spacial score (nSPS) is 14.4. The highest BCUT2D eigenvalue weighted by Gasteiger charge is 2.33. The van der Waals surface area contributed by atoms with Crippen LogP contribution < -0.4 is 14.4 Å². The zero-order valence-electron chi connectivity index (χ0n) is 18.8. The number of benzene rings is 3. The average molecular weight is 653 g/mol. The first-order valence-electron chi connectivity index (χ1n) is 10.6. The fraction of sp³-hybridized carbons (Fsp3) is 0.120. The van der Waals surface area contributed by atoms with Gasteiger partial charge in [0.2, 0.25) is 0 Å². The monoisotopic (exact) mass is 652 g/mol. The maximum Gasteiger partial charge on any atom is 0.270 e. The number of rotatable bonds is 8. The molecule has 184 valence electrons. The van der Waals surface area contributed by atoms with E-state index in [1.54, 1.807) is 6.08 Å². The molecular weight excluding hydrogens is 635 g/mol. The predicted octanol–water partition coefficient (Wildman–Crippen LogP) is 7.24. The van der Waals surface area contributed by atoms with Crippen LogP contribution in [0.5, 0.6) is 11.5 Å². The number of thioether (sulfide) groups is 1. The number of nitrogens with zero attached hydrogens (tertiary/aromatic N) is 2. The third kappa shape index (κ3) is 5.83. The zero-order chi connectivity index (χ0) is 25.8. The molecule has 1 aliphatic rings. The molecule has 7 nitrogen and oxygen atoms in total. The van der Waals surface area contributed by atoms with E-state index in [-0.39, 0.29) is 18.2 Å². The van der Waals surface area contributed by atoms with Gasteiger partial charge in [0.25, 0.3) is 11.6 Å². The van der Waals surface area contributed by atoms with E-state index in [0.29, 0.717) is 38.0 Å². The van der Waals surface area contributed by atoms with E-state index in [0.717, 1.165) is 14.7 Å². The van der Waals surface area contributed by atoms with Crippen molar-refractivity contribution in [2.24, 2.45) is 0 Å². The second kappa shape index (κ2) is 11.6. The molecule has 3 aromatic rings. The standard InChI is InChI=1S/C25H18ClIN2O5S2/c1-2-33-21-12-15(11-20(27)23(21)34-14-16-5-3-4-6-19(16)26)13-22-24(30)28(25(35)36-22)17-7-9-18(10-8-17)29(31)32/h3-13H,2,14H2,1H3/b22-13-. The van der Waals surface area contributed by atoms with Crippen molar-refractivity contribution in [2.45, 2.75) is 13.5 Å². The lowest BCUT2D eigenvalue weighted by Crippen LogP contribution is -2.27. The van der Waals surface area contributed by atoms with Crippen LogP contribution in [-0.4, -0.2) is 21.8 Å². The topological polar surface area (TPSA) is 81.9 Å². The van der Waals surface area contributed by atoms with E-state index < -0.39 is 4.92 Å². The van der Waals surface area contributed by atoms with Crippen molar-refractivity contribution in [1.29, 1.82) is 0 Å². The Labute approximate surface area is 235 Å². The Morgan fingerprint density at radius 1 is 1.17 bits per heavy atom. The Balaban J connectivity index is 1.59. The second-order valence-electron chi connectivity index (χ2n) is 7.43. The van der Waals surface area contributed by atoms with Crippen LogP contribution in [0.1, 0.15) is 18.1 Å². The summed E-state index contributed by atoms with van der Waals surface area (Å²) in [6.07, 6.45) is 1.74. The summed E-state index contributed by atoms with van der Waals surface area (Å²) in [6.45, 7) is 2.60. The molecule has 11 heteroatoms. The molecule has 1 heterocycles. The number of thiocarbonyl (C=S) groups is 1. The number of amides is 1. The number of non-ortho nitro benzene ring substituents is 1. The largest absolute Gasteiger partial charge is 0.490 e. The number of nitro groups is 1. The molecule has 1 amide bonds. The highest BCUT2D eigenvalue weighted by molar-refractivity contribution is 14.1. The van der Waals surface area contributed by atoms with E-state index >= 15 is 0 Å². The lowest BCUT2D eigenvalue weighted by atomic mass is 10.1. The van der Waals surface area contributed by atoms with Crippen LogP contribution in [0.15, 0.2) is 65.6 Å². The molecule has 0 bridgehead atoms. The summed E-state index contributed by atoms with van der Waals surface area (Å²) in [5.74, 6) is 0.840. The summed E-state index contributed by atoms with van der Waals surface area (Å²) in [7, 11) is 0. The van der Waals surface area contributed by atoms with Gasteiger partial charge in [-0.15, -0.1) is 0 Å². The minimum Gasteiger partial charge on any atom is -0.490 e. The minimum atomic E-state index is -0.493. The molecule has 36 heavy (non-hydrogen) atoms. The molecule has 1 fully saturated rings. The van der Waals surface area contributed by atoms with Gasteiger partial charge in [-0.2, -0.15) is 0 Å². The molecule has 0 unspecified atom stereocenters. The summed E-state index contributed by atoms with van der Waals surface area (Å²) >= 11 is 15.0. The van der Waals surface area contributed by atoms with Crippen molar-refractivity contribution in [1.82, 2.24) is 0 Å². The number of hydrogen-bond donors (Lipinski definition) is 0. The summed E-state index contributed by atoms with van der Waals surface area (Å²) in [5.41, 5.74) is 2.02. The van der Waals surface area contributed by atoms with Crippen LogP contribution in [0, 0.1) is 13.7 Å². The first-order valence-corrected chi connectivity index (χ1v) is 13.3. The fourth-order valence-electron chi connectivity index (χ4n) is 3.40. The third-order valence-corrected chi connectivity index (χ3v) is 7.54. The second-order valence-corrected chi connectivity index (χ2v) is 10.7. The lowest BCUT2D eigenvalue weighted by Gasteiger charge is -2.15. The highest BCUT2D eigenvalue weighted by Crippen LogP contribution is 2.39. The third-order valence-electron chi connectivity index (χ3n) is 5.07. The molecular formula is C25H18ClIN2O5S2. The van der Waals surface area contributed by atoms with Crippen molar-refractivity contribution in [3.63, 3.8) is 0 Å². The first-order chi connectivity index (χ1) is 17.3. The van der Waals surface area contributed by atoms with Crippen LogP contribution in [-0.2, 0) is 11.4 Å². The number of halogens is 2. The number of anilines is 1. The van der Waals surface area contributed by atoms with Gasteiger partial charge in [0.15, 0.2) is 15.8 Å².